The highest BCUT2D eigenvalue weighted by Crippen LogP contribution is 2.11. The van der Waals surface area contributed by atoms with Gasteiger partial charge in [0.2, 0.25) is 0 Å². The number of rotatable bonds is 4. The van der Waals surface area contributed by atoms with E-state index >= 15 is 0 Å². The van der Waals surface area contributed by atoms with Gasteiger partial charge >= 0.3 is 0 Å². The van der Waals surface area contributed by atoms with E-state index < -0.39 is 0 Å². The van der Waals surface area contributed by atoms with Gasteiger partial charge in [-0.1, -0.05) is 30.7 Å². The van der Waals surface area contributed by atoms with E-state index in [1.807, 2.05) is 24.3 Å². The number of nitrogens with zero attached hydrogens (tertiary/aromatic N) is 2. The van der Waals surface area contributed by atoms with E-state index in [0.717, 1.165) is 35.9 Å². The fraction of sp³-hybridized carbons (Fsp3) is 0.333. The highest BCUT2D eigenvalue weighted by atomic mass is 35.5. The average molecular weight is 236 g/mol. The number of hydrogen-bond donors (Lipinski definition) is 1. The number of H-pyrrole nitrogens is 1. The number of benzene rings is 1. The molecule has 0 saturated heterocycles. The zero-order valence-electron chi connectivity index (χ0n) is 9.20. The van der Waals surface area contributed by atoms with Crippen LogP contribution in [-0.2, 0) is 12.8 Å². The van der Waals surface area contributed by atoms with Crippen LogP contribution in [0.15, 0.2) is 24.3 Å². The maximum absolute atomic E-state index is 5.82. The van der Waals surface area contributed by atoms with Crippen LogP contribution in [-0.4, -0.2) is 15.2 Å². The van der Waals surface area contributed by atoms with Gasteiger partial charge in [-0.25, -0.2) is 4.98 Å². The summed E-state index contributed by atoms with van der Waals surface area (Å²) in [5.41, 5.74) is 1.18. The summed E-state index contributed by atoms with van der Waals surface area (Å²) >= 11 is 5.82. The number of aromatic amines is 1. The maximum atomic E-state index is 5.82. The normalized spacial score (nSPS) is 10.6. The van der Waals surface area contributed by atoms with E-state index in [-0.39, 0.29) is 0 Å². The smallest absolute Gasteiger partial charge is 0.150 e. The SMILES string of the molecule is CCCc1n[nH]c(Cc2ccc(Cl)cc2)n1. The summed E-state index contributed by atoms with van der Waals surface area (Å²) in [7, 11) is 0. The lowest BCUT2D eigenvalue weighted by Gasteiger charge is -1.97. The minimum absolute atomic E-state index is 0.757. The molecule has 0 unspecified atom stereocenters. The van der Waals surface area contributed by atoms with Gasteiger partial charge in [-0.3, -0.25) is 5.10 Å². The Labute approximate surface area is 99.9 Å². The fourth-order valence-electron chi connectivity index (χ4n) is 1.54. The lowest BCUT2D eigenvalue weighted by Crippen LogP contribution is -1.91. The molecule has 1 aromatic heterocycles. The Morgan fingerprint density at radius 3 is 2.69 bits per heavy atom. The van der Waals surface area contributed by atoms with E-state index in [1.165, 1.54) is 5.56 Å². The molecule has 2 aromatic rings. The maximum Gasteiger partial charge on any atom is 0.150 e. The lowest BCUT2D eigenvalue weighted by atomic mass is 10.1. The van der Waals surface area contributed by atoms with Crippen molar-refractivity contribution in [1.29, 1.82) is 0 Å². The molecule has 0 fully saturated rings. The second kappa shape index (κ2) is 5.12. The molecule has 1 aromatic carbocycles. The second-order valence-electron chi connectivity index (χ2n) is 3.75. The summed E-state index contributed by atoms with van der Waals surface area (Å²) in [5.74, 6) is 1.80. The van der Waals surface area contributed by atoms with Gasteiger partial charge in [0.15, 0.2) is 5.82 Å². The summed E-state index contributed by atoms with van der Waals surface area (Å²) in [4.78, 5) is 4.42. The van der Waals surface area contributed by atoms with Crippen LogP contribution in [0.5, 0.6) is 0 Å². The first-order chi connectivity index (χ1) is 7.78. The zero-order valence-corrected chi connectivity index (χ0v) is 9.96. The van der Waals surface area contributed by atoms with Crippen molar-refractivity contribution in [2.45, 2.75) is 26.2 Å². The molecule has 0 aliphatic carbocycles. The molecule has 0 atom stereocenters. The minimum Gasteiger partial charge on any atom is -0.263 e. The van der Waals surface area contributed by atoms with Crippen LogP contribution in [0.25, 0.3) is 0 Å². The Bertz CT molecular complexity index is 448. The molecule has 0 radical (unpaired) electrons. The molecule has 84 valence electrons. The predicted octanol–water partition coefficient (Wildman–Crippen LogP) is 3.00. The highest BCUT2D eigenvalue weighted by Gasteiger charge is 2.03. The van der Waals surface area contributed by atoms with Crippen molar-refractivity contribution in [2.24, 2.45) is 0 Å². The average Bonchev–Trinajstić information content (AvgIpc) is 2.70. The molecule has 1 N–H and O–H groups in total. The van der Waals surface area contributed by atoms with Crippen molar-refractivity contribution in [3.05, 3.63) is 46.5 Å². The summed E-state index contributed by atoms with van der Waals surface area (Å²) in [5, 5.41) is 7.87. The third kappa shape index (κ3) is 2.83. The lowest BCUT2D eigenvalue weighted by molar-refractivity contribution is 0.841. The van der Waals surface area contributed by atoms with E-state index in [0.29, 0.717) is 0 Å². The van der Waals surface area contributed by atoms with Gasteiger partial charge in [0.05, 0.1) is 0 Å². The first-order valence-electron chi connectivity index (χ1n) is 5.42. The summed E-state index contributed by atoms with van der Waals surface area (Å²) in [6, 6.07) is 7.79. The van der Waals surface area contributed by atoms with Crippen LogP contribution in [0, 0.1) is 0 Å². The highest BCUT2D eigenvalue weighted by molar-refractivity contribution is 6.30. The molecule has 1 heterocycles. The van der Waals surface area contributed by atoms with Gasteiger partial charge in [-0.15, -0.1) is 0 Å². The Balaban J connectivity index is 2.05. The summed E-state index contributed by atoms with van der Waals surface area (Å²) < 4.78 is 0. The standard InChI is InChI=1S/C12H14ClN3/c1-2-3-11-14-12(16-15-11)8-9-4-6-10(13)7-5-9/h4-7H,2-3,8H2,1H3,(H,14,15,16). The van der Waals surface area contributed by atoms with Crippen molar-refractivity contribution in [3.63, 3.8) is 0 Å². The Hall–Kier alpha value is -1.35. The topological polar surface area (TPSA) is 41.6 Å². The zero-order chi connectivity index (χ0) is 11.4. The van der Waals surface area contributed by atoms with Crippen molar-refractivity contribution in [1.82, 2.24) is 15.2 Å². The van der Waals surface area contributed by atoms with Crippen LogP contribution in [0.1, 0.15) is 30.6 Å². The molecular weight excluding hydrogens is 222 g/mol. The fourth-order valence-corrected chi connectivity index (χ4v) is 1.67. The Kier molecular flexibility index (Phi) is 3.57. The number of halogens is 1. The van der Waals surface area contributed by atoms with Gasteiger partial charge in [0.1, 0.15) is 5.82 Å². The molecule has 0 amide bonds. The molecular formula is C12H14ClN3. The van der Waals surface area contributed by atoms with Gasteiger partial charge < -0.3 is 0 Å². The van der Waals surface area contributed by atoms with Gasteiger partial charge in [0, 0.05) is 17.9 Å². The second-order valence-corrected chi connectivity index (χ2v) is 4.19. The molecule has 0 aliphatic heterocycles. The first kappa shape index (κ1) is 11.1. The number of nitrogens with one attached hydrogen (secondary N) is 1. The van der Waals surface area contributed by atoms with Crippen LogP contribution in [0.2, 0.25) is 5.02 Å². The van der Waals surface area contributed by atoms with E-state index in [4.69, 9.17) is 11.6 Å². The molecule has 16 heavy (non-hydrogen) atoms. The van der Waals surface area contributed by atoms with Crippen LogP contribution in [0.4, 0.5) is 0 Å². The molecule has 0 bridgehead atoms. The van der Waals surface area contributed by atoms with Crippen LogP contribution >= 0.6 is 11.6 Å². The quantitative estimate of drug-likeness (QED) is 0.885. The Morgan fingerprint density at radius 1 is 1.25 bits per heavy atom. The van der Waals surface area contributed by atoms with Crippen molar-refractivity contribution >= 4 is 11.6 Å². The largest absolute Gasteiger partial charge is 0.263 e. The number of aromatic nitrogens is 3. The third-order valence-corrected chi connectivity index (χ3v) is 2.59. The summed E-state index contributed by atoms with van der Waals surface area (Å²) in [6.07, 6.45) is 2.77. The molecule has 3 nitrogen and oxygen atoms in total. The number of aryl methyl sites for hydroxylation is 1. The monoisotopic (exact) mass is 235 g/mol. The van der Waals surface area contributed by atoms with E-state index in [9.17, 15) is 0 Å². The Morgan fingerprint density at radius 2 is 2.00 bits per heavy atom. The molecule has 0 aliphatic rings. The van der Waals surface area contributed by atoms with Gasteiger partial charge in [-0.05, 0) is 24.1 Å². The van der Waals surface area contributed by atoms with Gasteiger partial charge in [0.25, 0.3) is 0 Å². The number of hydrogen-bond acceptors (Lipinski definition) is 2. The van der Waals surface area contributed by atoms with Gasteiger partial charge in [-0.2, -0.15) is 5.10 Å². The molecule has 4 heteroatoms. The van der Waals surface area contributed by atoms with E-state index in [1.54, 1.807) is 0 Å². The summed E-state index contributed by atoms with van der Waals surface area (Å²) in [6.45, 7) is 2.12. The predicted molar refractivity (Wildman–Crippen MR) is 64.6 cm³/mol. The van der Waals surface area contributed by atoms with Crippen molar-refractivity contribution in [3.8, 4) is 0 Å². The van der Waals surface area contributed by atoms with E-state index in [2.05, 4.69) is 22.1 Å². The molecule has 2 rings (SSSR count). The van der Waals surface area contributed by atoms with Crippen LogP contribution < -0.4 is 0 Å². The molecule has 0 spiro atoms. The third-order valence-electron chi connectivity index (χ3n) is 2.34. The van der Waals surface area contributed by atoms with Crippen molar-refractivity contribution in [2.75, 3.05) is 0 Å². The van der Waals surface area contributed by atoms with Crippen LogP contribution in [0.3, 0.4) is 0 Å². The first-order valence-corrected chi connectivity index (χ1v) is 5.80. The van der Waals surface area contributed by atoms with Crippen molar-refractivity contribution < 1.29 is 0 Å². The molecule has 0 saturated carbocycles. The minimum atomic E-state index is 0.757.